The van der Waals surface area contributed by atoms with E-state index in [0.29, 0.717) is 37.7 Å². The molecule has 0 spiro atoms. The second-order valence-corrected chi connectivity index (χ2v) is 16.2. The van der Waals surface area contributed by atoms with Gasteiger partial charge in [-0.2, -0.15) is 5.06 Å². The summed E-state index contributed by atoms with van der Waals surface area (Å²) in [5.41, 5.74) is 2.46. The molecule has 1 atom stereocenters. The Morgan fingerprint density at radius 1 is 0.917 bits per heavy atom. The molecule has 1 aliphatic heterocycles. The fourth-order valence-electron chi connectivity index (χ4n) is 4.70. The highest BCUT2D eigenvalue weighted by Crippen LogP contribution is 2.49. The highest BCUT2D eigenvalue weighted by atomic mass is 31.2. The Labute approximate surface area is 360 Å². The number of ether oxygens (including phenoxy) is 2. The van der Waals surface area contributed by atoms with E-state index < -0.39 is 19.3 Å². The maximum atomic E-state index is 13.2. The molecule has 0 bridgehead atoms. The molecule has 334 valence electrons. The largest absolute Gasteiger partial charge is 0.481 e. The fourth-order valence-corrected chi connectivity index (χ4v) is 5.93. The number of hydrogen-bond donors (Lipinski definition) is 3. The van der Waals surface area contributed by atoms with Crippen LogP contribution in [0.2, 0.25) is 0 Å². The molecule has 3 aromatic rings. The molecule has 2 amide bonds. The second-order valence-electron chi connectivity index (χ2n) is 14.2. The van der Waals surface area contributed by atoms with Gasteiger partial charge < -0.3 is 39.0 Å². The number of carbonyl (C=O) groups is 2. The summed E-state index contributed by atoms with van der Waals surface area (Å²) in [5, 5.41) is 20.9. The van der Waals surface area contributed by atoms with Crippen molar-refractivity contribution in [3.05, 3.63) is 102 Å². The van der Waals surface area contributed by atoms with Crippen LogP contribution in [0.15, 0.2) is 84.9 Å². The summed E-state index contributed by atoms with van der Waals surface area (Å²) < 4.78 is 35.6. The van der Waals surface area contributed by atoms with Crippen LogP contribution < -0.4 is 10.1 Å². The molecule has 0 radical (unpaired) electrons. The Bertz CT molecular complexity index is 1550. The van der Waals surface area contributed by atoms with Crippen LogP contribution in [0.1, 0.15) is 78.0 Å². The van der Waals surface area contributed by atoms with Crippen molar-refractivity contribution in [3.8, 4) is 31.4 Å². The van der Waals surface area contributed by atoms with E-state index >= 15 is 0 Å². The van der Waals surface area contributed by atoms with Crippen LogP contribution in [0.3, 0.4) is 0 Å². The maximum Gasteiger partial charge on any atom is 0.410 e. The summed E-state index contributed by atoms with van der Waals surface area (Å²) in [5.74, 6) is 0.965. The normalized spacial score (nSPS) is 12.8. The molecule has 4 rings (SSSR count). The minimum Gasteiger partial charge on any atom is -0.481 e. The topological polar surface area (TPSA) is 156 Å². The lowest BCUT2D eigenvalue weighted by molar-refractivity contribution is -0.284. The zero-order valence-electron chi connectivity index (χ0n) is 37.1. The standard InChI is InChI=1S/C22H23O4P.C13H26N2O4.C5H11NO2.C2H6.2C2H2/c1-19-12-14-22(15-13-19)24-18-27(23,25-16-20-8-4-2-5-9-20)26-17-21-10-6-3-7-11-21;1-10(2)9-15(8-6-7-14-11(16)17)12(18)19-13(3,4)5;1-6-4-5(8-6)2-3-7;3*1-2/h2-15H,16-18H2,1H3;10,14H,6-9H2,1-5H3,(H,16,17);5,7H,2-4H2,1H3;1-2H3;2*1-2H/t;;5-;;;/m..0.../s1. The Balaban J connectivity index is 0. The smallest absolute Gasteiger partial charge is 0.410 e. The number of carboxylic acid groups (broad SMARTS) is 1. The molecule has 3 N–H and O–H groups in total. The van der Waals surface area contributed by atoms with Crippen LogP contribution in [0.4, 0.5) is 9.59 Å². The number of hydroxylamine groups is 2. The minimum absolute atomic E-state index is 0.143. The third-order valence-electron chi connectivity index (χ3n) is 7.31. The van der Waals surface area contributed by atoms with E-state index in [-0.39, 0.29) is 38.4 Å². The van der Waals surface area contributed by atoms with Crippen LogP contribution in [0.25, 0.3) is 0 Å². The van der Waals surface area contributed by atoms with Gasteiger partial charge in [0.15, 0.2) is 6.35 Å². The molecule has 0 unspecified atom stereocenters. The van der Waals surface area contributed by atoms with Gasteiger partial charge in [0.2, 0.25) is 0 Å². The first-order valence-electron chi connectivity index (χ1n) is 19.8. The summed E-state index contributed by atoms with van der Waals surface area (Å²) >= 11 is 0. The number of aliphatic hydroxyl groups excluding tert-OH is 1. The Morgan fingerprint density at radius 2 is 1.40 bits per heavy atom. The van der Waals surface area contributed by atoms with E-state index in [2.05, 4.69) is 31.0 Å². The van der Waals surface area contributed by atoms with Crippen molar-refractivity contribution in [2.75, 3.05) is 46.2 Å². The van der Waals surface area contributed by atoms with Gasteiger partial charge in [0.25, 0.3) is 0 Å². The highest BCUT2D eigenvalue weighted by Gasteiger charge is 2.27. The number of terminal acetylenes is 2. The minimum atomic E-state index is -3.45. The molecular weight excluding hydrogens is 785 g/mol. The van der Waals surface area contributed by atoms with Crippen LogP contribution in [-0.4, -0.2) is 90.2 Å². The molecule has 1 heterocycles. The van der Waals surface area contributed by atoms with Crippen molar-refractivity contribution in [2.45, 2.75) is 93.2 Å². The summed E-state index contributed by atoms with van der Waals surface area (Å²) in [4.78, 5) is 29.0. The van der Waals surface area contributed by atoms with Gasteiger partial charge in [0.1, 0.15) is 11.4 Å². The number of benzene rings is 3. The van der Waals surface area contributed by atoms with Gasteiger partial charge in [0.05, 0.1) is 25.9 Å². The van der Waals surface area contributed by atoms with Gasteiger partial charge in [-0.05, 0) is 63.3 Å². The van der Waals surface area contributed by atoms with Crippen molar-refractivity contribution in [1.82, 2.24) is 15.3 Å². The number of nitrogens with one attached hydrogen (secondary N) is 1. The molecule has 60 heavy (non-hydrogen) atoms. The fraction of sp³-hybridized carbons (Fsp3) is 0.478. The van der Waals surface area contributed by atoms with Crippen LogP contribution in [0, 0.1) is 38.5 Å². The number of amides is 2. The van der Waals surface area contributed by atoms with Gasteiger partial charge >= 0.3 is 19.8 Å². The highest BCUT2D eigenvalue weighted by molar-refractivity contribution is 7.53. The predicted molar refractivity (Wildman–Crippen MR) is 240 cm³/mol. The number of aryl methyl sites for hydroxylation is 1. The van der Waals surface area contributed by atoms with E-state index in [1.807, 2.05) is 147 Å². The average Bonchev–Trinajstić information content (AvgIpc) is 3.22. The monoisotopic (exact) mass is 855 g/mol. The number of hydrogen-bond acceptors (Lipinski definition) is 10. The van der Waals surface area contributed by atoms with Crippen molar-refractivity contribution in [2.24, 2.45) is 5.92 Å². The number of likely N-dealkylation sites (N-methyl/N-ethyl adjacent to an activating group) is 1. The summed E-state index contributed by atoms with van der Waals surface area (Å²) in [6.45, 7) is 18.5. The molecule has 0 saturated carbocycles. The van der Waals surface area contributed by atoms with E-state index in [4.69, 9.17) is 33.6 Å². The number of rotatable bonds is 17. The van der Waals surface area contributed by atoms with Gasteiger partial charge in [0, 0.05) is 39.7 Å². The number of nitrogens with zero attached hydrogens (tertiary/aromatic N) is 2. The molecule has 1 aliphatic rings. The SMILES string of the molecule is C#C.C#C.CC.CC(C)CN(CCCNC(=O)O)C(=O)OC(C)(C)C.CN1C[C@H](CCO)O1.Cc1ccc(OCP(=O)(OCc2ccccc2)OCc2ccccc2)cc1. The van der Waals surface area contributed by atoms with E-state index in [1.165, 1.54) is 0 Å². The van der Waals surface area contributed by atoms with Crippen LogP contribution in [0.5, 0.6) is 5.75 Å². The zero-order valence-corrected chi connectivity index (χ0v) is 38.0. The van der Waals surface area contributed by atoms with E-state index in [0.717, 1.165) is 29.7 Å². The van der Waals surface area contributed by atoms with Gasteiger partial charge in [-0.3, -0.25) is 9.40 Å². The van der Waals surface area contributed by atoms with Crippen molar-refractivity contribution in [1.29, 1.82) is 0 Å². The molecule has 0 aliphatic carbocycles. The Hall–Kier alpha value is -4.85. The van der Waals surface area contributed by atoms with Crippen molar-refractivity contribution >= 4 is 19.8 Å². The first kappa shape index (κ1) is 57.2. The Kier molecular flexibility index (Phi) is 32.4. The van der Waals surface area contributed by atoms with E-state index in [1.54, 1.807) is 9.96 Å². The molecule has 1 fully saturated rings. The van der Waals surface area contributed by atoms with Crippen LogP contribution >= 0.6 is 7.60 Å². The lowest BCUT2D eigenvalue weighted by Gasteiger charge is -2.34. The van der Waals surface area contributed by atoms with Gasteiger partial charge in [-0.25, -0.2) is 9.59 Å². The van der Waals surface area contributed by atoms with Crippen molar-refractivity contribution < 1.29 is 47.7 Å². The van der Waals surface area contributed by atoms with Gasteiger partial charge in [-0.15, -0.1) is 25.7 Å². The number of carbonyl (C=O) groups excluding carboxylic acids is 1. The first-order valence-corrected chi connectivity index (χ1v) is 21.6. The molecule has 0 aromatic heterocycles. The lowest BCUT2D eigenvalue weighted by Crippen LogP contribution is -2.45. The first-order chi connectivity index (χ1) is 28.6. The quantitative estimate of drug-likeness (QED) is 0.0675. The predicted octanol–water partition coefficient (Wildman–Crippen LogP) is 9.63. The second kappa shape index (κ2) is 33.9. The molecule has 3 aromatic carbocycles. The Morgan fingerprint density at radius 3 is 1.80 bits per heavy atom. The summed E-state index contributed by atoms with van der Waals surface area (Å²) in [6.07, 6.45) is 16.1. The zero-order chi connectivity index (χ0) is 46.0. The molecule has 13 nitrogen and oxygen atoms in total. The molecule has 14 heteroatoms. The van der Waals surface area contributed by atoms with Crippen LogP contribution in [-0.2, 0) is 36.4 Å². The third-order valence-corrected chi connectivity index (χ3v) is 8.80. The average molecular weight is 856 g/mol. The van der Waals surface area contributed by atoms with Gasteiger partial charge in [-0.1, -0.05) is 106 Å². The lowest BCUT2D eigenvalue weighted by atomic mass is 10.2. The third kappa shape index (κ3) is 29.4. The molecular formula is C46H70N3O10P. The molecule has 1 saturated heterocycles. The maximum absolute atomic E-state index is 13.2. The van der Waals surface area contributed by atoms with E-state index in [9.17, 15) is 14.2 Å². The number of aliphatic hydroxyl groups is 1. The van der Waals surface area contributed by atoms with Crippen molar-refractivity contribution in [3.63, 3.8) is 0 Å². The summed E-state index contributed by atoms with van der Waals surface area (Å²) in [7, 11) is -1.57. The summed E-state index contributed by atoms with van der Waals surface area (Å²) in [6, 6.07) is 26.7.